The Labute approximate surface area is 146 Å². The van der Waals surface area contributed by atoms with E-state index < -0.39 is 0 Å². The van der Waals surface area contributed by atoms with Crippen molar-refractivity contribution in [2.45, 2.75) is 39.5 Å². The van der Waals surface area contributed by atoms with E-state index in [2.05, 4.69) is 100 Å². The minimum absolute atomic E-state index is 0.509. The molecule has 3 rings (SSSR count). The highest BCUT2D eigenvalue weighted by Crippen LogP contribution is 2.38. The topological polar surface area (TPSA) is 0 Å². The van der Waals surface area contributed by atoms with E-state index in [9.17, 15) is 0 Å². The van der Waals surface area contributed by atoms with Crippen molar-refractivity contribution in [1.82, 2.24) is 0 Å². The van der Waals surface area contributed by atoms with E-state index in [1.807, 2.05) is 0 Å². The molecule has 0 N–H and O–H groups in total. The maximum Gasteiger partial charge on any atom is -0.0102 e. The lowest BCUT2D eigenvalue weighted by Gasteiger charge is -2.19. The molecule has 0 unspecified atom stereocenters. The molecule has 0 bridgehead atoms. The fourth-order valence-electron chi connectivity index (χ4n) is 3.44. The lowest BCUT2D eigenvalue weighted by Crippen LogP contribution is -1.96. The molecule has 0 saturated carbocycles. The van der Waals surface area contributed by atoms with Crippen LogP contribution in [0, 0.1) is 0 Å². The summed E-state index contributed by atoms with van der Waals surface area (Å²) in [5.74, 6) is 1.02. The summed E-state index contributed by atoms with van der Waals surface area (Å²) < 4.78 is 0. The SMILES string of the molecule is CC(C)c1ccccc1-c1ccccc1-c1ccccc1C(C)C. The highest BCUT2D eigenvalue weighted by atomic mass is 14.2. The monoisotopic (exact) mass is 314 g/mol. The van der Waals surface area contributed by atoms with Crippen LogP contribution in [0.4, 0.5) is 0 Å². The molecule has 0 aliphatic carbocycles. The van der Waals surface area contributed by atoms with Crippen molar-refractivity contribution >= 4 is 0 Å². The van der Waals surface area contributed by atoms with Crippen LogP contribution in [0.5, 0.6) is 0 Å². The molecule has 0 aliphatic heterocycles. The number of rotatable bonds is 4. The second-order valence-electron chi connectivity index (χ2n) is 7.03. The second kappa shape index (κ2) is 7.05. The first-order chi connectivity index (χ1) is 11.6. The maximum absolute atomic E-state index is 2.27. The highest BCUT2D eigenvalue weighted by Gasteiger charge is 2.15. The predicted octanol–water partition coefficient (Wildman–Crippen LogP) is 7.27. The Balaban J connectivity index is 2.25. The van der Waals surface area contributed by atoms with Crippen molar-refractivity contribution in [1.29, 1.82) is 0 Å². The zero-order chi connectivity index (χ0) is 17.1. The Bertz CT molecular complexity index is 754. The second-order valence-corrected chi connectivity index (χ2v) is 7.03. The van der Waals surface area contributed by atoms with E-state index in [4.69, 9.17) is 0 Å². The van der Waals surface area contributed by atoms with Gasteiger partial charge in [0.05, 0.1) is 0 Å². The first kappa shape index (κ1) is 16.5. The Morgan fingerprint density at radius 2 is 0.708 bits per heavy atom. The molecule has 0 atom stereocenters. The van der Waals surface area contributed by atoms with Gasteiger partial charge in [-0.3, -0.25) is 0 Å². The van der Waals surface area contributed by atoms with Gasteiger partial charge in [-0.05, 0) is 45.2 Å². The Kier molecular flexibility index (Phi) is 4.85. The third-order valence-electron chi connectivity index (χ3n) is 4.67. The number of benzene rings is 3. The van der Waals surface area contributed by atoms with Crippen molar-refractivity contribution in [3.63, 3.8) is 0 Å². The maximum atomic E-state index is 2.27. The van der Waals surface area contributed by atoms with Crippen LogP contribution >= 0.6 is 0 Å². The molecule has 0 nitrogen and oxygen atoms in total. The summed E-state index contributed by atoms with van der Waals surface area (Å²) in [6.45, 7) is 9.07. The van der Waals surface area contributed by atoms with E-state index in [0.29, 0.717) is 11.8 Å². The van der Waals surface area contributed by atoms with E-state index in [0.717, 1.165) is 0 Å². The molecule has 24 heavy (non-hydrogen) atoms. The van der Waals surface area contributed by atoms with Gasteiger partial charge in [0, 0.05) is 0 Å². The third kappa shape index (κ3) is 3.14. The molecule has 3 aromatic rings. The van der Waals surface area contributed by atoms with Gasteiger partial charge >= 0.3 is 0 Å². The highest BCUT2D eigenvalue weighted by molar-refractivity contribution is 5.86. The Morgan fingerprint density at radius 3 is 1.04 bits per heavy atom. The van der Waals surface area contributed by atoms with Crippen LogP contribution in [0.15, 0.2) is 72.8 Å². The first-order valence-corrected chi connectivity index (χ1v) is 8.87. The van der Waals surface area contributed by atoms with Crippen LogP contribution in [0.3, 0.4) is 0 Å². The van der Waals surface area contributed by atoms with Crippen molar-refractivity contribution in [3.8, 4) is 22.3 Å². The quantitative estimate of drug-likeness (QED) is 0.475. The molecule has 0 amide bonds. The van der Waals surface area contributed by atoms with Crippen molar-refractivity contribution in [3.05, 3.63) is 83.9 Å². The summed E-state index contributed by atoms with van der Waals surface area (Å²) in [6, 6.07) is 26.4. The van der Waals surface area contributed by atoms with Gasteiger partial charge in [-0.1, -0.05) is 100 Å². The largest absolute Gasteiger partial charge is 0.0619 e. The van der Waals surface area contributed by atoms with Gasteiger partial charge in [0.2, 0.25) is 0 Å². The molecule has 0 heteroatoms. The Morgan fingerprint density at radius 1 is 0.417 bits per heavy atom. The van der Waals surface area contributed by atoms with E-state index >= 15 is 0 Å². The number of hydrogen-bond donors (Lipinski definition) is 0. The van der Waals surface area contributed by atoms with Crippen LogP contribution in [0.1, 0.15) is 50.7 Å². The molecule has 0 aliphatic rings. The smallest absolute Gasteiger partial charge is 0.0102 e. The van der Waals surface area contributed by atoms with Gasteiger partial charge in [-0.25, -0.2) is 0 Å². The molecular weight excluding hydrogens is 288 g/mol. The molecule has 0 aromatic heterocycles. The van der Waals surface area contributed by atoms with Crippen LogP contribution < -0.4 is 0 Å². The van der Waals surface area contributed by atoms with Gasteiger partial charge < -0.3 is 0 Å². The van der Waals surface area contributed by atoms with Gasteiger partial charge in [-0.2, -0.15) is 0 Å². The minimum Gasteiger partial charge on any atom is -0.0619 e. The van der Waals surface area contributed by atoms with E-state index in [1.165, 1.54) is 33.4 Å². The third-order valence-corrected chi connectivity index (χ3v) is 4.67. The summed E-state index contributed by atoms with van der Waals surface area (Å²) in [5, 5.41) is 0. The van der Waals surface area contributed by atoms with Gasteiger partial charge in [0.25, 0.3) is 0 Å². The van der Waals surface area contributed by atoms with E-state index in [-0.39, 0.29) is 0 Å². The van der Waals surface area contributed by atoms with Gasteiger partial charge in [0.15, 0.2) is 0 Å². The zero-order valence-electron chi connectivity index (χ0n) is 15.1. The average molecular weight is 314 g/mol. The summed E-state index contributed by atoms with van der Waals surface area (Å²) in [5.41, 5.74) is 8.17. The molecule has 0 radical (unpaired) electrons. The van der Waals surface area contributed by atoms with Gasteiger partial charge in [-0.15, -0.1) is 0 Å². The molecule has 0 fully saturated rings. The summed E-state index contributed by atoms with van der Waals surface area (Å²) >= 11 is 0. The summed E-state index contributed by atoms with van der Waals surface area (Å²) in [6.07, 6.45) is 0. The van der Waals surface area contributed by atoms with Crippen molar-refractivity contribution < 1.29 is 0 Å². The predicted molar refractivity (Wildman–Crippen MR) is 105 cm³/mol. The molecule has 0 heterocycles. The fourth-order valence-corrected chi connectivity index (χ4v) is 3.44. The first-order valence-electron chi connectivity index (χ1n) is 8.87. The molecule has 0 saturated heterocycles. The van der Waals surface area contributed by atoms with Crippen LogP contribution in [0.2, 0.25) is 0 Å². The lowest BCUT2D eigenvalue weighted by molar-refractivity contribution is 0.867. The van der Waals surface area contributed by atoms with Gasteiger partial charge in [0.1, 0.15) is 0 Å². The molecule has 3 aromatic carbocycles. The molecule has 0 spiro atoms. The standard InChI is InChI=1S/C24H26/c1-17(2)19-11-5-7-13-21(19)23-15-9-10-16-24(23)22-14-8-6-12-20(22)18(3)4/h5-18H,1-4H3. The van der Waals surface area contributed by atoms with Crippen LogP contribution in [0.25, 0.3) is 22.3 Å². The van der Waals surface area contributed by atoms with Crippen LogP contribution in [-0.4, -0.2) is 0 Å². The average Bonchev–Trinajstić information content (AvgIpc) is 2.61. The minimum atomic E-state index is 0.509. The van der Waals surface area contributed by atoms with Crippen molar-refractivity contribution in [2.75, 3.05) is 0 Å². The summed E-state index contributed by atoms with van der Waals surface area (Å²) in [4.78, 5) is 0. The number of hydrogen-bond acceptors (Lipinski definition) is 0. The normalized spacial score (nSPS) is 11.2. The zero-order valence-corrected chi connectivity index (χ0v) is 15.1. The molecular formula is C24H26. The fraction of sp³-hybridized carbons (Fsp3) is 0.250. The Hall–Kier alpha value is -2.34. The lowest BCUT2D eigenvalue weighted by atomic mass is 9.85. The van der Waals surface area contributed by atoms with Crippen molar-refractivity contribution in [2.24, 2.45) is 0 Å². The van der Waals surface area contributed by atoms with Crippen LogP contribution in [-0.2, 0) is 0 Å². The molecule has 122 valence electrons. The summed E-state index contributed by atoms with van der Waals surface area (Å²) in [7, 11) is 0. The van der Waals surface area contributed by atoms with E-state index in [1.54, 1.807) is 0 Å².